The van der Waals surface area contributed by atoms with Gasteiger partial charge in [-0.15, -0.1) is 0 Å². The molecule has 2 aliphatic rings. The molecular weight excluding hydrogens is 457 g/mol. The Morgan fingerprint density at radius 3 is 2.74 bits per heavy atom. The van der Waals surface area contributed by atoms with Gasteiger partial charge in [0.2, 0.25) is 0 Å². The minimum atomic E-state index is -1.26. The number of rotatable bonds is 3. The number of aliphatic hydroxyl groups is 1. The Morgan fingerprint density at radius 1 is 1.21 bits per heavy atom. The number of carbonyl (C=O) groups is 2. The van der Waals surface area contributed by atoms with Crippen molar-refractivity contribution in [3.63, 3.8) is 0 Å². The zero-order chi connectivity index (χ0) is 24.2. The lowest BCUT2D eigenvalue weighted by molar-refractivity contribution is 0.0785. The van der Waals surface area contributed by atoms with Gasteiger partial charge >= 0.3 is 6.03 Å². The molecule has 34 heavy (non-hydrogen) atoms. The molecule has 3 aromatic rings. The average molecular weight is 480 g/mol. The Labute approximate surface area is 201 Å². The van der Waals surface area contributed by atoms with Gasteiger partial charge in [0.1, 0.15) is 5.82 Å². The molecule has 5 rings (SSSR count). The van der Waals surface area contributed by atoms with E-state index >= 15 is 0 Å². The van der Waals surface area contributed by atoms with Gasteiger partial charge < -0.3 is 15.7 Å². The van der Waals surface area contributed by atoms with Crippen LogP contribution in [0.25, 0.3) is 0 Å². The summed E-state index contributed by atoms with van der Waals surface area (Å²) >= 11 is 6.36. The largest absolute Gasteiger partial charge is 0.386 e. The van der Waals surface area contributed by atoms with E-state index in [4.69, 9.17) is 11.6 Å². The molecule has 0 spiro atoms. The SMILES string of the molecule is CC(C)(O)c1cc(NC(=O)N2CCc3ccccc32)c2c(c1)C(=O)NC2c1cc(F)ccc1Cl. The maximum absolute atomic E-state index is 14.1. The number of hydrogen-bond acceptors (Lipinski definition) is 3. The predicted octanol–water partition coefficient (Wildman–Crippen LogP) is 5.13. The zero-order valence-electron chi connectivity index (χ0n) is 18.7. The first kappa shape index (κ1) is 22.4. The summed E-state index contributed by atoms with van der Waals surface area (Å²) in [5.41, 5.74) is 2.62. The second kappa shape index (κ2) is 8.11. The number of hydrogen-bond donors (Lipinski definition) is 3. The fourth-order valence-electron chi connectivity index (χ4n) is 4.59. The first-order valence-electron chi connectivity index (χ1n) is 11.0. The van der Waals surface area contributed by atoms with Crippen molar-refractivity contribution in [1.82, 2.24) is 5.32 Å². The molecule has 2 heterocycles. The normalized spacial score (nSPS) is 16.8. The summed E-state index contributed by atoms with van der Waals surface area (Å²) < 4.78 is 14.1. The van der Waals surface area contributed by atoms with Crippen molar-refractivity contribution in [3.8, 4) is 0 Å². The molecule has 3 amide bonds. The van der Waals surface area contributed by atoms with Crippen molar-refractivity contribution in [1.29, 1.82) is 0 Å². The molecule has 174 valence electrons. The van der Waals surface area contributed by atoms with Crippen LogP contribution in [0.15, 0.2) is 54.6 Å². The molecule has 2 aliphatic heterocycles. The van der Waals surface area contributed by atoms with Crippen LogP contribution in [0.5, 0.6) is 0 Å². The minimum Gasteiger partial charge on any atom is -0.386 e. The summed E-state index contributed by atoms with van der Waals surface area (Å²) in [5, 5.41) is 16.7. The highest BCUT2D eigenvalue weighted by atomic mass is 35.5. The molecule has 1 atom stereocenters. The van der Waals surface area contributed by atoms with Crippen LogP contribution in [-0.4, -0.2) is 23.6 Å². The van der Waals surface area contributed by atoms with Gasteiger partial charge in [0.15, 0.2) is 0 Å². The third-order valence-corrected chi connectivity index (χ3v) is 6.68. The second-order valence-corrected chi connectivity index (χ2v) is 9.48. The molecule has 0 saturated carbocycles. The van der Waals surface area contributed by atoms with Gasteiger partial charge in [-0.1, -0.05) is 29.8 Å². The number of fused-ring (bicyclic) bond motifs is 2. The Hall–Kier alpha value is -3.42. The second-order valence-electron chi connectivity index (χ2n) is 9.08. The quantitative estimate of drug-likeness (QED) is 0.487. The smallest absolute Gasteiger partial charge is 0.326 e. The van der Waals surface area contributed by atoms with Crippen molar-refractivity contribution in [2.75, 3.05) is 16.8 Å². The van der Waals surface area contributed by atoms with Gasteiger partial charge in [-0.25, -0.2) is 9.18 Å². The van der Waals surface area contributed by atoms with Crippen molar-refractivity contribution < 1.29 is 19.1 Å². The van der Waals surface area contributed by atoms with E-state index < -0.39 is 23.4 Å². The lowest BCUT2D eigenvalue weighted by Gasteiger charge is -2.24. The van der Waals surface area contributed by atoms with Crippen LogP contribution < -0.4 is 15.5 Å². The van der Waals surface area contributed by atoms with Gasteiger partial charge in [0.05, 0.1) is 11.6 Å². The third kappa shape index (κ3) is 3.81. The number of anilines is 2. The molecule has 3 N–H and O–H groups in total. The van der Waals surface area contributed by atoms with E-state index in [1.807, 2.05) is 24.3 Å². The highest BCUT2D eigenvalue weighted by Gasteiger charge is 2.36. The molecule has 0 radical (unpaired) electrons. The maximum Gasteiger partial charge on any atom is 0.326 e. The molecule has 0 fully saturated rings. The summed E-state index contributed by atoms with van der Waals surface area (Å²) in [7, 11) is 0. The number of nitrogens with one attached hydrogen (secondary N) is 2. The molecule has 6 nitrogen and oxygen atoms in total. The Bertz CT molecular complexity index is 1340. The number of carbonyl (C=O) groups excluding carboxylic acids is 2. The topological polar surface area (TPSA) is 81.7 Å². The van der Waals surface area contributed by atoms with E-state index in [9.17, 15) is 19.1 Å². The summed E-state index contributed by atoms with van der Waals surface area (Å²) in [4.78, 5) is 27.9. The summed E-state index contributed by atoms with van der Waals surface area (Å²) in [6.07, 6.45) is 0.743. The van der Waals surface area contributed by atoms with E-state index in [-0.39, 0.29) is 11.1 Å². The highest BCUT2D eigenvalue weighted by molar-refractivity contribution is 6.31. The van der Waals surface area contributed by atoms with Crippen molar-refractivity contribution in [2.45, 2.75) is 31.9 Å². The van der Waals surface area contributed by atoms with Crippen LogP contribution in [0.4, 0.5) is 20.6 Å². The summed E-state index contributed by atoms with van der Waals surface area (Å²) in [5.74, 6) is -0.886. The molecule has 8 heteroatoms. The van der Waals surface area contributed by atoms with E-state index in [2.05, 4.69) is 10.6 Å². The summed E-state index contributed by atoms with van der Waals surface area (Å²) in [6.45, 7) is 3.73. The number of amides is 3. The molecule has 0 aromatic heterocycles. The Morgan fingerprint density at radius 2 is 1.97 bits per heavy atom. The van der Waals surface area contributed by atoms with Crippen LogP contribution in [0.1, 0.15) is 52.5 Å². The van der Waals surface area contributed by atoms with E-state index in [1.54, 1.807) is 30.9 Å². The van der Waals surface area contributed by atoms with E-state index in [0.29, 0.717) is 34.5 Å². The molecule has 0 aliphatic carbocycles. The van der Waals surface area contributed by atoms with Gasteiger partial charge in [-0.3, -0.25) is 9.69 Å². The predicted molar refractivity (Wildman–Crippen MR) is 129 cm³/mol. The molecule has 0 bridgehead atoms. The van der Waals surface area contributed by atoms with Crippen LogP contribution in [0.2, 0.25) is 5.02 Å². The number of para-hydroxylation sites is 1. The number of halogens is 2. The number of urea groups is 1. The molecular formula is C26H23ClFN3O3. The van der Waals surface area contributed by atoms with E-state index in [0.717, 1.165) is 17.7 Å². The monoisotopic (exact) mass is 479 g/mol. The van der Waals surface area contributed by atoms with Crippen LogP contribution in [-0.2, 0) is 12.0 Å². The van der Waals surface area contributed by atoms with Crippen molar-refractivity contribution in [3.05, 3.63) is 93.3 Å². The van der Waals surface area contributed by atoms with Gasteiger partial charge in [-0.05, 0) is 67.8 Å². The minimum absolute atomic E-state index is 0.289. The fourth-order valence-corrected chi connectivity index (χ4v) is 4.82. The van der Waals surface area contributed by atoms with Gasteiger partial charge in [0.25, 0.3) is 5.91 Å². The average Bonchev–Trinajstić information content (AvgIpc) is 3.36. The lowest BCUT2D eigenvalue weighted by atomic mass is 9.90. The zero-order valence-corrected chi connectivity index (χ0v) is 19.4. The van der Waals surface area contributed by atoms with Crippen LogP contribution >= 0.6 is 11.6 Å². The summed E-state index contributed by atoms with van der Waals surface area (Å²) in [6, 6.07) is 13.8. The van der Waals surface area contributed by atoms with Gasteiger partial charge in [-0.2, -0.15) is 0 Å². The molecule has 3 aromatic carbocycles. The number of nitrogens with zero attached hydrogens (tertiary/aromatic N) is 1. The molecule has 0 saturated heterocycles. The van der Waals surface area contributed by atoms with Crippen LogP contribution in [0, 0.1) is 5.82 Å². The standard InChI is InChI=1S/C26H23ClFN3O3/c1-26(2,34)15-11-18-22(23(30-24(18)32)17-13-16(28)7-8-19(17)27)20(12-15)29-25(33)31-10-9-14-5-3-4-6-21(14)31/h3-8,11-13,23,34H,9-10H2,1-2H3,(H,29,33)(H,30,32). The Kier molecular flexibility index (Phi) is 5.34. The van der Waals surface area contributed by atoms with Crippen molar-refractivity contribution >= 4 is 34.9 Å². The van der Waals surface area contributed by atoms with Crippen LogP contribution in [0.3, 0.4) is 0 Å². The van der Waals surface area contributed by atoms with Crippen molar-refractivity contribution in [2.24, 2.45) is 0 Å². The third-order valence-electron chi connectivity index (χ3n) is 6.34. The molecule has 1 unspecified atom stereocenters. The number of benzene rings is 3. The Balaban J connectivity index is 1.61. The first-order valence-corrected chi connectivity index (χ1v) is 11.3. The van der Waals surface area contributed by atoms with Gasteiger partial charge in [0, 0.05) is 39.6 Å². The first-order chi connectivity index (χ1) is 16.1. The highest BCUT2D eigenvalue weighted by Crippen LogP contribution is 2.42. The fraction of sp³-hybridized carbons (Fsp3) is 0.231. The lowest BCUT2D eigenvalue weighted by Crippen LogP contribution is -2.34. The maximum atomic E-state index is 14.1. The van der Waals surface area contributed by atoms with E-state index in [1.165, 1.54) is 18.2 Å².